The number of ether oxygens (including phenoxy) is 2. The van der Waals surface area contributed by atoms with Crippen molar-refractivity contribution in [3.8, 4) is 6.07 Å². The van der Waals surface area contributed by atoms with Crippen LogP contribution in [0.1, 0.15) is 45.2 Å². The van der Waals surface area contributed by atoms with Gasteiger partial charge in [-0.1, -0.05) is 0 Å². The second-order valence-electron chi connectivity index (χ2n) is 9.26. The minimum atomic E-state index is -4.84. The van der Waals surface area contributed by atoms with Gasteiger partial charge in [-0.2, -0.15) is 18.4 Å². The summed E-state index contributed by atoms with van der Waals surface area (Å²) in [6.45, 7) is 6.62. The Kier molecular flexibility index (Phi) is 5.02. The zero-order valence-electron chi connectivity index (χ0n) is 18.3. The van der Waals surface area contributed by atoms with E-state index >= 15 is 0 Å². The first kappa shape index (κ1) is 23.0. The van der Waals surface area contributed by atoms with Crippen LogP contribution in [0.3, 0.4) is 0 Å². The quantitative estimate of drug-likeness (QED) is 0.687. The summed E-state index contributed by atoms with van der Waals surface area (Å²) in [4.78, 5) is 39.6. The number of nitriles is 1. The van der Waals surface area contributed by atoms with Crippen LogP contribution in [0, 0.1) is 23.2 Å². The lowest BCUT2D eigenvalue weighted by atomic mass is 9.66. The second kappa shape index (κ2) is 7.18. The number of rotatable bonds is 3. The highest BCUT2D eigenvalue weighted by atomic mass is 19.4. The van der Waals surface area contributed by atoms with Crippen LogP contribution in [0.2, 0.25) is 0 Å². The molecule has 3 aliphatic heterocycles. The third-order valence-electron chi connectivity index (χ3n) is 6.66. The van der Waals surface area contributed by atoms with Gasteiger partial charge >= 0.3 is 12.3 Å². The smallest absolute Gasteiger partial charge is 0.417 e. The van der Waals surface area contributed by atoms with Crippen molar-refractivity contribution in [3.63, 3.8) is 0 Å². The Morgan fingerprint density at radius 1 is 1.27 bits per heavy atom. The highest BCUT2D eigenvalue weighted by Gasteiger charge is 2.76. The summed E-state index contributed by atoms with van der Waals surface area (Å²) in [5, 5.41) is 11.7. The molecule has 3 fully saturated rings. The standard InChI is InChI=1S/C22H22F3N3O5/c1-10(2)32-19(31)27-14-8-20(3)15-16(21(14,4)33-20)18(30)28(17(15)29)12-6-5-11(9-26)13(7-12)22(23,24)25/h5-7,10,14-16H,8H2,1-4H3,(H,27,31)/t14-,15-,16+,20+,21-/m0/s1. The number of hydrogen-bond acceptors (Lipinski definition) is 6. The van der Waals surface area contributed by atoms with E-state index < -0.39 is 64.3 Å². The number of alkyl halides is 3. The Balaban J connectivity index is 1.70. The number of halogens is 3. The molecule has 0 aromatic heterocycles. The highest BCUT2D eigenvalue weighted by molar-refractivity contribution is 6.23. The van der Waals surface area contributed by atoms with Crippen molar-refractivity contribution in [2.45, 2.75) is 63.6 Å². The number of carbonyl (C=O) groups excluding carboxylic acids is 3. The van der Waals surface area contributed by atoms with Crippen LogP contribution < -0.4 is 10.2 Å². The van der Waals surface area contributed by atoms with Gasteiger partial charge < -0.3 is 14.8 Å². The largest absolute Gasteiger partial charge is 0.447 e. The minimum Gasteiger partial charge on any atom is -0.447 e. The average Bonchev–Trinajstić information content (AvgIpc) is 3.21. The van der Waals surface area contributed by atoms with Crippen LogP contribution in [0.5, 0.6) is 0 Å². The molecule has 3 aliphatic rings. The van der Waals surface area contributed by atoms with Crippen LogP contribution in [0.4, 0.5) is 23.7 Å². The average molecular weight is 465 g/mol. The molecule has 176 valence electrons. The van der Waals surface area contributed by atoms with E-state index in [9.17, 15) is 27.6 Å². The first-order valence-corrected chi connectivity index (χ1v) is 10.4. The molecule has 0 aliphatic carbocycles. The molecule has 1 N–H and O–H groups in total. The normalized spacial score (nSPS) is 32.8. The van der Waals surface area contributed by atoms with Crippen molar-refractivity contribution in [2.75, 3.05) is 4.90 Å². The van der Waals surface area contributed by atoms with Gasteiger partial charge in [0.2, 0.25) is 11.8 Å². The van der Waals surface area contributed by atoms with Crippen LogP contribution in [-0.2, 0) is 25.2 Å². The second-order valence-corrected chi connectivity index (χ2v) is 9.26. The number of amides is 3. The molecule has 4 rings (SSSR count). The molecule has 3 heterocycles. The summed E-state index contributed by atoms with van der Waals surface area (Å²) in [7, 11) is 0. The molecule has 33 heavy (non-hydrogen) atoms. The van der Waals surface area contributed by atoms with Crippen molar-refractivity contribution in [1.82, 2.24) is 5.32 Å². The number of imide groups is 1. The van der Waals surface area contributed by atoms with Gasteiger partial charge in [-0.25, -0.2) is 9.69 Å². The summed E-state index contributed by atoms with van der Waals surface area (Å²) < 4.78 is 51.5. The van der Waals surface area contributed by atoms with Crippen LogP contribution in [0.25, 0.3) is 0 Å². The van der Waals surface area contributed by atoms with E-state index in [-0.39, 0.29) is 18.2 Å². The lowest BCUT2D eigenvalue weighted by Gasteiger charge is -2.35. The number of nitrogens with one attached hydrogen (secondary N) is 1. The molecular formula is C22H22F3N3O5. The van der Waals surface area contributed by atoms with E-state index in [4.69, 9.17) is 14.7 Å². The predicted octanol–water partition coefficient (Wildman–Crippen LogP) is 3.14. The Hall–Kier alpha value is -3.13. The summed E-state index contributed by atoms with van der Waals surface area (Å²) in [5.41, 5.74) is -4.46. The van der Waals surface area contributed by atoms with Crippen LogP contribution in [-0.4, -0.2) is 41.3 Å². The number of fused-ring (bicyclic) bond motifs is 5. The number of anilines is 1. The SMILES string of the molecule is CC(C)OC(=O)N[C@H]1C[C@@]2(C)O[C@]1(C)[C@H]1C(=O)N(c3ccc(C#N)c(C(F)(F)F)c3)C(=O)[C@H]12. The molecular weight excluding hydrogens is 443 g/mol. The Morgan fingerprint density at radius 2 is 1.91 bits per heavy atom. The summed E-state index contributed by atoms with van der Waals surface area (Å²) >= 11 is 0. The maximum Gasteiger partial charge on any atom is 0.417 e. The van der Waals surface area contributed by atoms with E-state index in [1.807, 2.05) is 0 Å². The predicted molar refractivity (Wildman–Crippen MR) is 107 cm³/mol. The lowest BCUT2D eigenvalue weighted by molar-refractivity contribution is -0.138. The Bertz CT molecular complexity index is 1100. The van der Waals surface area contributed by atoms with E-state index in [2.05, 4.69) is 5.32 Å². The number of hydrogen-bond donors (Lipinski definition) is 1. The van der Waals surface area contributed by atoms with Crippen molar-refractivity contribution >= 4 is 23.6 Å². The Labute approximate surface area is 187 Å². The number of carbonyl (C=O) groups is 3. The molecule has 2 bridgehead atoms. The van der Waals surface area contributed by atoms with E-state index in [1.54, 1.807) is 27.7 Å². The van der Waals surface area contributed by atoms with Gasteiger partial charge in [0.25, 0.3) is 0 Å². The molecule has 0 unspecified atom stereocenters. The van der Waals surface area contributed by atoms with Crippen molar-refractivity contribution in [3.05, 3.63) is 29.3 Å². The summed E-state index contributed by atoms with van der Waals surface area (Å²) in [6.07, 6.45) is -5.67. The molecule has 0 saturated carbocycles. The van der Waals surface area contributed by atoms with Gasteiger partial charge in [0.1, 0.15) is 0 Å². The number of nitrogens with zero attached hydrogens (tertiary/aromatic N) is 2. The lowest BCUT2D eigenvalue weighted by Crippen LogP contribution is -2.56. The molecule has 1 aromatic rings. The molecule has 11 heteroatoms. The third kappa shape index (κ3) is 3.35. The zero-order chi connectivity index (χ0) is 24.5. The van der Waals surface area contributed by atoms with Crippen LogP contribution >= 0.6 is 0 Å². The van der Waals surface area contributed by atoms with Gasteiger partial charge in [0.15, 0.2) is 0 Å². The summed E-state index contributed by atoms with van der Waals surface area (Å²) in [6, 6.07) is 3.56. The fourth-order valence-electron chi connectivity index (χ4n) is 5.40. The monoisotopic (exact) mass is 465 g/mol. The number of benzene rings is 1. The third-order valence-corrected chi connectivity index (χ3v) is 6.66. The first-order valence-electron chi connectivity index (χ1n) is 10.4. The molecule has 3 amide bonds. The zero-order valence-corrected chi connectivity index (χ0v) is 18.3. The van der Waals surface area contributed by atoms with Crippen molar-refractivity contribution in [2.24, 2.45) is 11.8 Å². The maximum absolute atomic E-state index is 13.4. The number of alkyl carbamates (subject to hydrolysis) is 1. The van der Waals surface area contributed by atoms with Gasteiger partial charge in [0, 0.05) is 6.42 Å². The van der Waals surface area contributed by atoms with Crippen LogP contribution in [0.15, 0.2) is 18.2 Å². The van der Waals surface area contributed by atoms with Gasteiger partial charge in [-0.15, -0.1) is 0 Å². The van der Waals surface area contributed by atoms with Gasteiger partial charge in [-0.05, 0) is 45.9 Å². The van der Waals surface area contributed by atoms with Crippen molar-refractivity contribution < 1.29 is 37.0 Å². The van der Waals surface area contributed by atoms with Gasteiger partial charge in [0.05, 0.1) is 58.1 Å². The highest BCUT2D eigenvalue weighted by Crippen LogP contribution is 2.61. The first-order chi connectivity index (χ1) is 15.2. The van der Waals surface area contributed by atoms with Gasteiger partial charge in [-0.3, -0.25) is 9.59 Å². The topological polar surface area (TPSA) is 109 Å². The molecule has 3 saturated heterocycles. The van der Waals surface area contributed by atoms with Crippen molar-refractivity contribution in [1.29, 1.82) is 5.26 Å². The molecule has 0 radical (unpaired) electrons. The maximum atomic E-state index is 13.4. The molecule has 0 spiro atoms. The fourth-order valence-corrected chi connectivity index (χ4v) is 5.40. The van der Waals surface area contributed by atoms with E-state index in [0.717, 1.165) is 17.0 Å². The Morgan fingerprint density at radius 3 is 2.48 bits per heavy atom. The molecule has 1 aromatic carbocycles. The fraction of sp³-hybridized carbons (Fsp3) is 0.545. The van der Waals surface area contributed by atoms with E-state index in [1.165, 1.54) is 6.07 Å². The molecule has 5 atom stereocenters. The minimum absolute atomic E-state index is 0.228. The molecule has 8 nitrogen and oxygen atoms in total. The summed E-state index contributed by atoms with van der Waals surface area (Å²) in [5.74, 6) is -3.30. The van der Waals surface area contributed by atoms with E-state index in [0.29, 0.717) is 6.07 Å².